The van der Waals surface area contributed by atoms with Crippen molar-refractivity contribution in [2.75, 3.05) is 0 Å². The zero-order valence-corrected chi connectivity index (χ0v) is 10.9. The summed E-state index contributed by atoms with van der Waals surface area (Å²) in [4.78, 5) is 4.41. The lowest BCUT2D eigenvalue weighted by atomic mass is 10.1. The van der Waals surface area contributed by atoms with E-state index in [0.717, 1.165) is 10.8 Å². The van der Waals surface area contributed by atoms with Crippen LogP contribution < -0.4 is 0 Å². The Bertz CT molecular complexity index is 772. The van der Waals surface area contributed by atoms with Gasteiger partial charge in [0.1, 0.15) is 12.4 Å². The lowest BCUT2D eigenvalue weighted by Gasteiger charge is -2.11. The standard InChI is InChI=1S/C15H13F3N2/c1-2-13-19-14-11-6-4-3-5-10(11)7-8-12(14)20(13)9-15(16,17)18/h3-8H,2,9H2,1H3. The first kappa shape index (κ1) is 13.0. The summed E-state index contributed by atoms with van der Waals surface area (Å²) in [5, 5.41) is 1.87. The summed E-state index contributed by atoms with van der Waals surface area (Å²) in [5.41, 5.74) is 1.18. The van der Waals surface area contributed by atoms with E-state index >= 15 is 0 Å². The van der Waals surface area contributed by atoms with Crippen molar-refractivity contribution in [3.8, 4) is 0 Å². The molecule has 0 saturated heterocycles. The summed E-state index contributed by atoms with van der Waals surface area (Å²) in [7, 11) is 0. The van der Waals surface area contributed by atoms with Crippen LogP contribution >= 0.6 is 0 Å². The molecule has 0 unspecified atom stereocenters. The second-order valence-corrected chi connectivity index (χ2v) is 4.74. The molecule has 0 fully saturated rings. The van der Waals surface area contributed by atoms with E-state index < -0.39 is 12.7 Å². The fraction of sp³-hybridized carbons (Fsp3) is 0.267. The first-order chi connectivity index (χ1) is 9.49. The molecule has 1 heterocycles. The summed E-state index contributed by atoms with van der Waals surface area (Å²) in [6.45, 7) is 0.821. The van der Waals surface area contributed by atoms with Crippen LogP contribution in [0.15, 0.2) is 36.4 Å². The molecule has 5 heteroatoms. The lowest BCUT2D eigenvalue weighted by molar-refractivity contribution is -0.140. The summed E-state index contributed by atoms with van der Waals surface area (Å²) in [6, 6.07) is 11.2. The summed E-state index contributed by atoms with van der Waals surface area (Å²) in [5.74, 6) is 0.466. The minimum absolute atomic E-state index is 0.466. The number of imidazole rings is 1. The van der Waals surface area contributed by atoms with Gasteiger partial charge in [0.15, 0.2) is 0 Å². The van der Waals surface area contributed by atoms with Gasteiger partial charge in [-0.15, -0.1) is 0 Å². The molecule has 0 atom stereocenters. The molecule has 0 bridgehead atoms. The van der Waals surface area contributed by atoms with E-state index in [-0.39, 0.29) is 0 Å². The lowest BCUT2D eigenvalue weighted by Crippen LogP contribution is -2.19. The molecule has 3 aromatic rings. The number of rotatable bonds is 2. The van der Waals surface area contributed by atoms with Gasteiger partial charge in [-0.2, -0.15) is 13.2 Å². The molecule has 0 N–H and O–H groups in total. The molecular formula is C15H13F3N2. The van der Waals surface area contributed by atoms with Crippen molar-refractivity contribution in [3.63, 3.8) is 0 Å². The van der Waals surface area contributed by atoms with Crippen LogP contribution in [0.1, 0.15) is 12.7 Å². The van der Waals surface area contributed by atoms with Gasteiger partial charge in [-0.25, -0.2) is 4.98 Å². The van der Waals surface area contributed by atoms with Crippen LogP contribution in [-0.4, -0.2) is 15.7 Å². The molecule has 0 aliphatic carbocycles. The third kappa shape index (κ3) is 2.13. The van der Waals surface area contributed by atoms with Gasteiger partial charge in [-0.3, -0.25) is 0 Å². The van der Waals surface area contributed by atoms with E-state index in [4.69, 9.17) is 0 Å². The summed E-state index contributed by atoms with van der Waals surface area (Å²) >= 11 is 0. The van der Waals surface area contributed by atoms with Crippen LogP contribution in [0.4, 0.5) is 13.2 Å². The van der Waals surface area contributed by atoms with E-state index in [2.05, 4.69) is 4.98 Å². The molecule has 1 aromatic heterocycles. The van der Waals surface area contributed by atoms with Gasteiger partial charge in [0, 0.05) is 11.8 Å². The number of hydrogen-bond acceptors (Lipinski definition) is 1. The van der Waals surface area contributed by atoms with Crippen molar-refractivity contribution in [2.24, 2.45) is 0 Å². The van der Waals surface area contributed by atoms with Gasteiger partial charge < -0.3 is 4.57 Å². The Labute approximate surface area is 113 Å². The monoisotopic (exact) mass is 278 g/mol. The molecule has 20 heavy (non-hydrogen) atoms. The molecule has 0 aliphatic heterocycles. The SMILES string of the molecule is CCc1nc2c3ccccc3ccc2n1CC(F)(F)F. The van der Waals surface area contributed by atoms with Crippen molar-refractivity contribution in [1.29, 1.82) is 0 Å². The minimum Gasteiger partial charge on any atom is -0.319 e. The Balaban J connectivity index is 2.31. The first-order valence-electron chi connectivity index (χ1n) is 6.43. The van der Waals surface area contributed by atoms with Crippen LogP contribution in [0.2, 0.25) is 0 Å². The maximum atomic E-state index is 12.7. The molecule has 0 saturated carbocycles. The van der Waals surface area contributed by atoms with Crippen LogP contribution in [0.5, 0.6) is 0 Å². The number of benzene rings is 2. The molecule has 2 nitrogen and oxygen atoms in total. The predicted octanol–water partition coefficient (Wildman–Crippen LogP) is 4.31. The van der Waals surface area contributed by atoms with Gasteiger partial charge in [0.25, 0.3) is 0 Å². The second kappa shape index (κ2) is 4.51. The molecular weight excluding hydrogens is 265 g/mol. The Morgan fingerprint density at radius 2 is 1.85 bits per heavy atom. The van der Waals surface area contributed by atoms with Crippen molar-refractivity contribution >= 4 is 21.8 Å². The van der Waals surface area contributed by atoms with Gasteiger partial charge in [0.05, 0.1) is 11.0 Å². The van der Waals surface area contributed by atoms with Crippen LogP contribution in [0.25, 0.3) is 21.8 Å². The number of aryl methyl sites for hydroxylation is 1. The highest BCUT2D eigenvalue weighted by atomic mass is 19.4. The van der Waals surface area contributed by atoms with E-state index in [1.165, 1.54) is 4.57 Å². The van der Waals surface area contributed by atoms with Crippen molar-refractivity contribution in [1.82, 2.24) is 9.55 Å². The third-order valence-electron chi connectivity index (χ3n) is 3.38. The highest BCUT2D eigenvalue weighted by molar-refractivity contribution is 6.04. The normalized spacial score (nSPS) is 12.4. The maximum absolute atomic E-state index is 12.7. The topological polar surface area (TPSA) is 17.8 Å². The second-order valence-electron chi connectivity index (χ2n) is 4.74. The Morgan fingerprint density at radius 3 is 2.55 bits per heavy atom. The van der Waals surface area contributed by atoms with Gasteiger partial charge in [0.2, 0.25) is 0 Å². The predicted molar refractivity (Wildman–Crippen MR) is 72.7 cm³/mol. The first-order valence-corrected chi connectivity index (χ1v) is 6.43. The van der Waals surface area contributed by atoms with Crippen molar-refractivity contribution < 1.29 is 13.2 Å². The van der Waals surface area contributed by atoms with E-state index in [1.807, 2.05) is 37.3 Å². The highest BCUT2D eigenvalue weighted by Gasteiger charge is 2.30. The van der Waals surface area contributed by atoms with E-state index in [9.17, 15) is 13.2 Å². The Hall–Kier alpha value is -2.04. The number of aromatic nitrogens is 2. The molecule has 0 spiro atoms. The molecule has 0 radical (unpaired) electrons. The molecule has 104 valence electrons. The molecule has 0 aliphatic rings. The average Bonchev–Trinajstić information content (AvgIpc) is 2.75. The van der Waals surface area contributed by atoms with Crippen LogP contribution in [0, 0.1) is 0 Å². The number of halogens is 3. The molecule has 2 aromatic carbocycles. The average molecular weight is 278 g/mol. The Kier molecular flexibility index (Phi) is 2.92. The summed E-state index contributed by atoms with van der Waals surface area (Å²) < 4.78 is 39.5. The van der Waals surface area contributed by atoms with E-state index in [0.29, 0.717) is 23.3 Å². The van der Waals surface area contributed by atoms with Crippen LogP contribution in [0.3, 0.4) is 0 Å². The number of fused-ring (bicyclic) bond motifs is 3. The van der Waals surface area contributed by atoms with Crippen molar-refractivity contribution in [3.05, 3.63) is 42.2 Å². The third-order valence-corrected chi connectivity index (χ3v) is 3.38. The zero-order chi connectivity index (χ0) is 14.3. The molecule has 3 rings (SSSR count). The fourth-order valence-corrected chi connectivity index (χ4v) is 2.53. The molecule has 0 amide bonds. The summed E-state index contributed by atoms with van der Waals surface area (Å²) in [6.07, 6.45) is -3.78. The van der Waals surface area contributed by atoms with Gasteiger partial charge >= 0.3 is 6.18 Å². The van der Waals surface area contributed by atoms with Gasteiger partial charge in [-0.1, -0.05) is 37.3 Å². The van der Waals surface area contributed by atoms with Crippen molar-refractivity contribution in [2.45, 2.75) is 26.1 Å². The maximum Gasteiger partial charge on any atom is 0.406 e. The fourth-order valence-electron chi connectivity index (χ4n) is 2.53. The largest absolute Gasteiger partial charge is 0.406 e. The number of alkyl halides is 3. The highest BCUT2D eigenvalue weighted by Crippen LogP contribution is 2.28. The Morgan fingerprint density at radius 1 is 1.10 bits per heavy atom. The zero-order valence-electron chi connectivity index (χ0n) is 10.9. The van der Waals surface area contributed by atoms with Crippen LogP contribution in [-0.2, 0) is 13.0 Å². The smallest absolute Gasteiger partial charge is 0.319 e. The number of hydrogen-bond donors (Lipinski definition) is 0. The minimum atomic E-state index is -4.25. The van der Waals surface area contributed by atoms with Gasteiger partial charge in [-0.05, 0) is 11.5 Å². The van der Waals surface area contributed by atoms with E-state index in [1.54, 1.807) is 6.07 Å². The quantitative estimate of drug-likeness (QED) is 0.683. The number of nitrogens with zero attached hydrogens (tertiary/aromatic N) is 2.